The summed E-state index contributed by atoms with van der Waals surface area (Å²) < 4.78 is 5.38. The van der Waals surface area contributed by atoms with Crippen LogP contribution in [0.25, 0.3) is 11.5 Å². The standard InChI is InChI=1S/C15H21N5O/c1-2-20(12-6-9-16-10-7-12)11-14-18-15(19-21-14)13-5-3-4-8-17-13/h3-5,8,12,16H,2,6-7,9-11H2,1H3. The highest BCUT2D eigenvalue weighted by Crippen LogP contribution is 2.17. The summed E-state index contributed by atoms with van der Waals surface area (Å²) >= 11 is 0. The maximum atomic E-state index is 5.38. The predicted octanol–water partition coefficient (Wildman–Crippen LogP) is 1.71. The fraction of sp³-hybridized carbons (Fsp3) is 0.533. The van der Waals surface area contributed by atoms with E-state index >= 15 is 0 Å². The molecule has 0 spiro atoms. The van der Waals surface area contributed by atoms with Gasteiger partial charge in [-0.1, -0.05) is 18.1 Å². The first-order valence-electron chi connectivity index (χ1n) is 7.55. The van der Waals surface area contributed by atoms with Crippen LogP contribution in [0.5, 0.6) is 0 Å². The first kappa shape index (κ1) is 14.2. The van der Waals surface area contributed by atoms with Crippen LogP contribution < -0.4 is 5.32 Å². The summed E-state index contributed by atoms with van der Waals surface area (Å²) in [5.41, 5.74) is 0.748. The van der Waals surface area contributed by atoms with Crippen molar-refractivity contribution in [2.24, 2.45) is 0 Å². The van der Waals surface area contributed by atoms with E-state index in [1.54, 1.807) is 6.20 Å². The zero-order chi connectivity index (χ0) is 14.5. The third kappa shape index (κ3) is 3.46. The van der Waals surface area contributed by atoms with Crippen LogP contribution >= 0.6 is 0 Å². The summed E-state index contributed by atoms with van der Waals surface area (Å²) in [5.74, 6) is 1.22. The Morgan fingerprint density at radius 2 is 2.19 bits per heavy atom. The van der Waals surface area contributed by atoms with Crippen LogP contribution in [0.2, 0.25) is 0 Å². The second-order valence-corrected chi connectivity index (χ2v) is 5.27. The normalized spacial score (nSPS) is 16.5. The molecule has 1 N–H and O–H groups in total. The molecule has 0 saturated carbocycles. The summed E-state index contributed by atoms with van der Waals surface area (Å²) in [5, 5.41) is 7.43. The molecular weight excluding hydrogens is 266 g/mol. The average molecular weight is 287 g/mol. The number of aromatic nitrogens is 3. The Balaban J connectivity index is 1.68. The molecule has 0 aliphatic carbocycles. The Labute approximate surface area is 124 Å². The lowest BCUT2D eigenvalue weighted by Crippen LogP contribution is -2.42. The largest absolute Gasteiger partial charge is 0.337 e. The highest BCUT2D eigenvalue weighted by atomic mass is 16.5. The first-order chi connectivity index (χ1) is 10.4. The van der Waals surface area contributed by atoms with Crippen LogP contribution in [0, 0.1) is 0 Å². The van der Waals surface area contributed by atoms with Gasteiger partial charge in [0.1, 0.15) is 5.69 Å². The summed E-state index contributed by atoms with van der Waals surface area (Å²) in [6, 6.07) is 6.28. The minimum Gasteiger partial charge on any atom is -0.337 e. The summed E-state index contributed by atoms with van der Waals surface area (Å²) in [4.78, 5) is 11.1. The Morgan fingerprint density at radius 3 is 2.90 bits per heavy atom. The molecule has 0 amide bonds. The van der Waals surface area contributed by atoms with Gasteiger partial charge in [0.15, 0.2) is 0 Å². The molecule has 1 aliphatic rings. The van der Waals surface area contributed by atoms with Crippen molar-refractivity contribution in [1.29, 1.82) is 0 Å². The topological polar surface area (TPSA) is 67.1 Å². The van der Waals surface area contributed by atoms with Gasteiger partial charge in [-0.15, -0.1) is 0 Å². The molecular formula is C15H21N5O. The highest BCUT2D eigenvalue weighted by molar-refractivity contribution is 5.46. The molecule has 0 bridgehead atoms. The monoisotopic (exact) mass is 287 g/mol. The number of hydrogen-bond donors (Lipinski definition) is 1. The van der Waals surface area contributed by atoms with Gasteiger partial charge in [0.2, 0.25) is 11.7 Å². The molecule has 2 aromatic heterocycles. The first-order valence-corrected chi connectivity index (χ1v) is 7.55. The van der Waals surface area contributed by atoms with E-state index in [1.165, 1.54) is 12.8 Å². The lowest BCUT2D eigenvalue weighted by molar-refractivity contribution is 0.144. The van der Waals surface area contributed by atoms with Gasteiger partial charge >= 0.3 is 0 Å². The van der Waals surface area contributed by atoms with Gasteiger partial charge in [-0.25, -0.2) is 0 Å². The van der Waals surface area contributed by atoms with E-state index in [4.69, 9.17) is 4.52 Å². The molecule has 0 atom stereocenters. The van der Waals surface area contributed by atoms with Crippen molar-refractivity contribution in [2.75, 3.05) is 19.6 Å². The van der Waals surface area contributed by atoms with E-state index in [1.807, 2.05) is 18.2 Å². The van der Waals surface area contributed by atoms with Gasteiger partial charge in [-0.2, -0.15) is 4.98 Å². The lowest BCUT2D eigenvalue weighted by Gasteiger charge is -2.32. The predicted molar refractivity (Wildman–Crippen MR) is 79.5 cm³/mol. The molecule has 1 aliphatic heterocycles. The Bertz CT molecular complexity index is 550. The van der Waals surface area contributed by atoms with Crippen molar-refractivity contribution in [1.82, 2.24) is 25.3 Å². The van der Waals surface area contributed by atoms with Gasteiger partial charge in [0.25, 0.3) is 0 Å². The quantitative estimate of drug-likeness (QED) is 0.903. The van der Waals surface area contributed by atoms with Crippen molar-refractivity contribution in [3.05, 3.63) is 30.3 Å². The smallest absolute Gasteiger partial charge is 0.241 e. The van der Waals surface area contributed by atoms with Crippen molar-refractivity contribution in [3.63, 3.8) is 0 Å². The number of pyridine rings is 1. The van der Waals surface area contributed by atoms with Crippen LogP contribution in [0.15, 0.2) is 28.9 Å². The van der Waals surface area contributed by atoms with Crippen molar-refractivity contribution in [2.45, 2.75) is 32.4 Å². The molecule has 0 unspecified atom stereocenters. The van der Waals surface area contributed by atoms with Crippen LogP contribution in [0.3, 0.4) is 0 Å². The minimum atomic E-state index is 0.562. The number of rotatable bonds is 5. The van der Waals surface area contributed by atoms with E-state index in [2.05, 4.69) is 32.3 Å². The average Bonchev–Trinajstić information content (AvgIpc) is 3.03. The maximum Gasteiger partial charge on any atom is 0.241 e. The van der Waals surface area contributed by atoms with E-state index < -0.39 is 0 Å². The second kappa shape index (κ2) is 6.78. The van der Waals surface area contributed by atoms with Gasteiger partial charge in [0.05, 0.1) is 6.54 Å². The maximum absolute atomic E-state index is 5.38. The van der Waals surface area contributed by atoms with E-state index in [0.29, 0.717) is 24.3 Å². The highest BCUT2D eigenvalue weighted by Gasteiger charge is 2.22. The van der Waals surface area contributed by atoms with Crippen molar-refractivity contribution in [3.8, 4) is 11.5 Å². The molecule has 1 saturated heterocycles. The molecule has 21 heavy (non-hydrogen) atoms. The third-order valence-corrected chi connectivity index (χ3v) is 3.93. The number of nitrogens with zero attached hydrogens (tertiary/aromatic N) is 4. The summed E-state index contributed by atoms with van der Waals surface area (Å²) in [6.07, 6.45) is 4.09. The van der Waals surface area contributed by atoms with E-state index in [9.17, 15) is 0 Å². The van der Waals surface area contributed by atoms with E-state index in [-0.39, 0.29) is 0 Å². The zero-order valence-corrected chi connectivity index (χ0v) is 12.3. The fourth-order valence-electron chi connectivity index (χ4n) is 2.76. The molecule has 112 valence electrons. The SMILES string of the molecule is CCN(Cc1nc(-c2ccccn2)no1)C1CCNCC1. The molecule has 6 heteroatoms. The van der Waals surface area contributed by atoms with Crippen LogP contribution in [-0.4, -0.2) is 45.7 Å². The number of piperidine rings is 1. The molecule has 3 heterocycles. The van der Waals surface area contributed by atoms with Crippen LogP contribution in [0.1, 0.15) is 25.7 Å². The summed E-state index contributed by atoms with van der Waals surface area (Å²) in [6.45, 7) is 6.05. The van der Waals surface area contributed by atoms with Gasteiger partial charge in [-0.3, -0.25) is 9.88 Å². The molecule has 0 radical (unpaired) electrons. The van der Waals surface area contributed by atoms with Crippen molar-refractivity contribution >= 4 is 0 Å². The van der Waals surface area contributed by atoms with Gasteiger partial charge < -0.3 is 9.84 Å². The number of nitrogens with one attached hydrogen (secondary N) is 1. The molecule has 3 rings (SSSR count). The fourth-order valence-corrected chi connectivity index (χ4v) is 2.76. The van der Waals surface area contributed by atoms with Gasteiger partial charge in [-0.05, 0) is 44.6 Å². The minimum absolute atomic E-state index is 0.562. The zero-order valence-electron chi connectivity index (χ0n) is 12.3. The lowest BCUT2D eigenvalue weighted by atomic mass is 10.0. The second-order valence-electron chi connectivity index (χ2n) is 5.27. The Morgan fingerprint density at radius 1 is 1.33 bits per heavy atom. The molecule has 2 aromatic rings. The summed E-state index contributed by atoms with van der Waals surface area (Å²) in [7, 11) is 0. The van der Waals surface area contributed by atoms with Crippen LogP contribution in [0.4, 0.5) is 0 Å². The third-order valence-electron chi connectivity index (χ3n) is 3.93. The molecule has 1 fully saturated rings. The van der Waals surface area contributed by atoms with Crippen molar-refractivity contribution < 1.29 is 4.52 Å². The molecule has 6 nitrogen and oxygen atoms in total. The van der Waals surface area contributed by atoms with Gasteiger partial charge in [0, 0.05) is 12.2 Å². The van der Waals surface area contributed by atoms with Crippen LogP contribution in [-0.2, 0) is 6.54 Å². The van der Waals surface area contributed by atoms with E-state index in [0.717, 1.165) is 25.3 Å². The Hall–Kier alpha value is -1.79. The Kier molecular flexibility index (Phi) is 4.57. The number of hydrogen-bond acceptors (Lipinski definition) is 6. The molecule has 0 aromatic carbocycles.